The fraction of sp³-hybridized carbons (Fsp3) is 0.375. The lowest BCUT2D eigenvalue weighted by atomic mass is 10.2. The Hall–Kier alpha value is -0.600. The Morgan fingerprint density at radius 2 is 2.27 bits per heavy atom. The molecule has 3 heteroatoms. The number of pyridine rings is 1. The van der Waals surface area contributed by atoms with Crippen LogP contribution in [0.25, 0.3) is 0 Å². The summed E-state index contributed by atoms with van der Waals surface area (Å²) >= 11 is 5.63. The van der Waals surface area contributed by atoms with E-state index in [0.717, 1.165) is 5.69 Å². The first-order chi connectivity index (χ1) is 5.40. The first-order valence-electron chi connectivity index (χ1n) is 3.50. The summed E-state index contributed by atoms with van der Waals surface area (Å²) in [5.74, 6) is 0.479. The molecule has 1 aliphatic rings. The molecule has 0 spiro atoms. The highest BCUT2D eigenvalue weighted by Crippen LogP contribution is 2.19. The van der Waals surface area contributed by atoms with Crippen LogP contribution < -0.4 is 0 Å². The van der Waals surface area contributed by atoms with Crippen molar-refractivity contribution in [1.29, 1.82) is 0 Å². The third-order valence-corrected chi connectivity index (χ3v) is 2.07. The number of nitrogens with zero attached hydrogens (tertiary/aromatic N) is 1. The lowest BCUT2D eigenvalue weighted by molar-refractivity contribution is 0.134. The van der Waals surface area contributed by atoms with Gasteiger partial charge in [-0.1, -0.05) is 0 Å². The molecule has 2 rings (SSSR count). The zero-order valence-electron chi connectivity index (χ0n) is 6.01. The molecular formula is C8H8ClNO. The molecule has 58 valence electrons. The molecule has 0 saturated heterocycles. The fourth-order valence-corrected chi connectivity index (χ4v) is 1.33. The van der Waals surface area contributed by atoms with Gasteiger partial charge in [0.2, 0.25) is 0 Å². The van der Waals surface area contributed by atoms with Gasteiger partial charge in [-0.15, -0.1) is 11.6 Å². The fourth-order valence-electron chi connectivity index (χ4n) is 1.18. The van der Waals surface area contributed by atoms with Gasteiger partial charge in [-0.3, -0.25) is 4.98 Å². The van der Waals surface area contributed by atoms with Crippen LogP contribution in [0.1, 0.15) is 16.8 Å². The number of hydrogen-bond donors (Lipinski definition) is 0. The quantitative estimate of drug-likeness (QED) is 0.599. The van der Waals surface area contributed by atoms with Crippen molar-refractivity contribution >= 4 is 11.6 Å². The highest BCUT2D eigenvalue weighted by Gasteiger charge is 2.11. The monoisotopic (exact) mass is 169 g/mol. The SMILES string of the molecule is ClCc1cc2c(cn1)COC2. The smallest absolute Gasteiger partial charge is 0.0740 e. The summed E-state index contributed by atoms with van der Waals surface area (Å²) in [7, 11) is 0. The summed E-state index contributed by atoms with van der Waals surface area (Å²) in [6.45, 7) is 1.41. The third-order valence-electron chi connectivity index (χ3n) is 1.79. The van der Waals surface area contributed by atoms with Crippen LogP contribution in [0.4, 0.5) is 0 Å². The van der Waals surface area contributed by atoms with Gasteiger partial charge >= 0.3 is 0 Å². The molecule has 0 amide bonds. The maximum Gasteiger partial charge on any atom is 0.0740 e. The van der Waals surface area contributed by atoms with Crippen molar-refractivity contribution in [3.63, 3.8) is 0 Å². The van der Waals surface area contributed by atoms with E-state index in [-0.39, 0.29) is 0 Å². The van der Waals surface area contributed by atoms with E-state index in [9.17, 15) is 0 Å². The summed E-state index contributed by atoms with van der Waals surface area (Å²) in [6.07, 6.45) is 1.85. The molecule has 1 aromatic rings. The van der Waals surface area contributed by atoms with E-state index in [1.54, 1.807) is 0 Å². The molecule has 1 aromatic heterocycles. The summed E-state index contributed by atoms with van der Waals surface area (Å²) in [5.41, 5.74) is 3.35. The van der Waals surface area contributed by atoms with Gasteiger partial charge < -0.3 is 4.74 Å². The molecule has 0 radical (unpaired) electrons. The Balaban J connectivity index is 2.41. The molecule has 0 unspecified atom stereocenters. The second kappa shape index (κ2) is 2.80. The number of halogens is 1. The molecule has 1 aliphatic heterocycles. The largest absolute Gasteiger partial charge is 0.372 e. The van der Waals surface area contributed by atoms with Crippen molar-refractivity contribution in [2.75, 3.05) is 0 Å². The number of ether oxygens (including phenoxy) is 1. The summed E-state index contributed by atoms with van der Waals surface area (Å²) < 4.78 is 5.23. The van der Waals surface area contributed by atoms with E-state index >= 15 is 0 Å². The Labute approximate surface area is 70.2 Å². The summed E-state index contributed by atoms with van der Waals surface area (Å²) in [6, 6.07) is 2.01. The van der Waals surface area contributed by atoms with Gasteiger partial charge in [0.1, 0.15) is 0 Å². The van der Waals surface area contributed by atoms with E-state index < -0.39 is 0 Å². The van der Waals surface area contributed by atoms with E-state index in [4.69, 9.17) is 16.3 Å². The van der Waals surface area contributed by atoms with E-state index in [1.165, 1.54) is 11.1 Å². The summed E-state index contributed by atoms with van der Waals surface area (Å²) in [4.78, 5) is 4.16. The molecule has 0 saturated carbocycles. The Kier molecular flexibility index (Phi) is 1.80. The molecular weight excluding hydrogens is 162 g/mol. The minimum atomic E-state index is 0.479. The van der Waals surface area contributed by atoms with Crippen LogP contribution in [0.15, 0.2) is 12.3 Å². The van der Waals surface area contributed by atoms with Crippen molar-refractivity contribution < 1.29 is 4.74 Å². The lowest BCUT2D eigenvalue weighted by Gasteiger charge is -1.97. The van der Waals surface area contributed by atoms with E-state index in [0.29, 0.717) is 19.1 Å². The molecule has 0 atom stereocenters. The second-order valence-electron chi connectivity index (χ2n) is 2.57. The number of rotatable bonds is 1. The van der Waals surface area contributed by atoms with Crippen LogP contribution in [0.2, 0.25) is 0 Å². The third kappa shape index (κ3) is 1.24. The zero-order valence-corrected chi connectivity index (χ0v) is 6.77. The van der Waals surface area contributed by atoms with E-state index in [1.807, 2.05) is 12.3 Å². The minimum absolute atomic E-state index is 0.479. The molecule has 0 aromatic carbocycles. The first kappa shape index (κ1) is 7.07. The van der Waals surface area contributed by atoms with Gasteiger partial charge in [0.25, 0.3) is 0 Å². The maximum atomic E-state index is 5.63. The Morgan fingerprint density at radius 3 is 3.09 bits per heavy atom. The van der Waals surface area contributed by atoms with Crippen LogP contribution in [-0.2, 0) is 23.8 Å². The number of hydrogen-bond acceptors (Lipinski definition) is 2. The van der Waals surface area contributed by atoms with Crippen molar-refractivity contribution in [2.45, 2.75) is 19.1 Å². The molecule has 0 bridgehead atoms. The molecule has 2 nitrogen and oxygen atoms in total. The Morgan fingerprint density at radius 1 is 1.45 bits per heavy atom. The highest BCUT2D eigenvalue weighted by atomic mass is 35.5. The van der Waals surface area contributed by atoms with Crippen LogP contribution in [0.3, 0.4) is 0 Å². The number of fused-ring (bicyclic) bond motifs is 1. The molecule has 0 fully saturated rings. The number of alkyl halides is 1. The first-order valence-corrected chi connectivity index (χ1v) is 4.04. The predicted octanol–water partition coefficient (Wildman–Crippen LogP) is 1.85. The van der Waals surface area contributed by atoms with Crippen molar-refractivity contribution in [1.82, 2.24) is 4.98 Å². The molecule has 0 aliphatic carbocycles. The van der Waals surface area contributed by atoms with Gasteiger partial charge in [-0.25, -0.2) is 0 Å². The van der Waals surface area contributed by atoms with E-state index in [2.05, 4.69) is 4.98 Å². The van der Waals surface area contributed by atoms with Crippen molar-refractivity contribution in [2.24, 2.45) is 0 Å². The van der Waals surface area contributed by atoms with Gasteiger partial charge in [-0.2, -0.15) is 0 Å². The van der Waals surface area contributed by atoms with Crippen LogP contribution >= 0.6 is 11.6 Å². The topological polar surface area (TPSA) is 22.1 Å². The highest BCUT2D eigenvalue weighted by molar-refractivity contribution is 6.16. The van der Waals surface area contributed by atoms with Crippen LogP contribution in [-0.4, -0.2) is 4.98 Å². The standard InChI is InChI=1S/C8H8ClNO/c9-2-8-1-6-4-11-5-7(6)3-10-8/h1,3H,2,4-5H2. The Bertz CT molecular complexity index is 275. The molecule has 11 heavy (non-hydrogen) atoms. The summed E-state index contributed by atoms with van der Waals surface area (Å²) in [5, 5.41) is 0. The maximum absolute atomic E-state index is 5.63. The van der Waals surface area contributed by atoms with Gasteiger partial charge in [0.05, 0.1) is 24.8 Å². The van der Waals surface area contributed by atoms with Crippen LogP contribution in [0, 0.1) is 0 Å². The molecule has 2 heterocycles. The van der Waals surface area contributed by atoms with Crippen molar-refractivity contribution in [3.05, 3.63) is 29.1 Å². The average Bonchev–Trinajstić information content (AvgIpc) is 2.50. The molecule has 0 N–H and O–H groups in total. The van der Waals surface area contributed by atoms with Crippen molar-refractivity contribution in [3.8, 4) is 0 Å². The zero-order chi connectivity index (χ0) is 7.68. The number of aromatic nitrogens is 1. The minimum Gasteiger partial charge on any atom is -0.372 e. The lowest BCUT2D eigenvalue weighted by Crippen LogP contribution is -1.89. The average molecular weight is 170 g/mol. The van der Waals surface area contributed by atoms with Gasteiger partial charge in [0.15, 0.2) is 0 Å². The second-order valence-corrected chi connectivity index (χ2v) is 2.84. The van der Waals surface area contributed by atoms with Gasteiger partial charge in [0, 0.05) is 11.8 Å². The van der Waals surface area contributed by atoms with Crippen LogP contribution in [0.5, 0.6) is 0 Å². The normalized spacial score (nSPS) is 15.0. The van der Waals surface area contributed by atoms with Gasteiger partial charge in [-0.05, 0) is 11.6 Å². The predicted molar refractivity (Wildman–Crippen MR) is 42.3 cm³/mol.